The Morgan fingerprint density at radius 1 is 1.41 bits per heavy atom. The van der Waals surface area contributed by atoms with Gasteiger partial charge in [-0.3, -0.25) is 4.79 Å². The quantitative estimate of drug-likeness (QED) is 0.842. The number of carbonyl (C=O) groups excluding carboxylic acids is 2. The predicted octanol–water partition coefficient (Wildman–Crippen LogP) is 1.32. The van der Waals surface area contributed by atoms with Gasteiger partial charge in [0, 0.05) is 5.69 Å². The van der Waals surface area contributed by atoms with E-state index in [1.54, 1.807) is 18.2 Å². The second-order valence-corrected chi connectivity index (χ2v) is 4.43. The van der Waals surface area contributed by atoms with Crippen LogP contribution in [0.3, 0.4) is 0 Å². The van der Waals surface area contributed by atoms with E-state index in [0.29, 0.717) is 17.9 Å². The van der Waals surface area contributed by atoms with Gasteiger partial charge in [-0.05, 0) is 25.1 Å². The summed E-state index contributed by atoms with van der Waals surface area (Å²) in [6.45, 7) is 2.05. The van der Waals surface area contributed by atoms with Crippen molar-refractivity contribution in [3.8, 4) is 6.07 Å². The number of esters is 1. The first-order valence-electron chi connectivity index (χ1n) is 6.56. The van der Waals surface area contributed by atoms with Crippen molar-refractivity contribution in [1.29, 1.82) is 5.26 Å². The van der Waals surface area contributed by atoms with Crippen molar-refractivity contribution in [3.05, 3.63) is 41.9 Å². The average molecular weight is 302 g/mol. The highest BCUT2D eigenvalue weighted by Crippen LogP contribution is 2.12. The zero-order chi connectivity index (χ0) is 15.9. The molecule has 114 valence electrons. The molecule has 1 aromatic rings. The molecule has 1 aliphatic heterocycles. The molecule has 1 N–H and O–H groups in total. The molecule has 0 fully saturated rings. The average Bonchev–Trinajstić information content (AvgIpc) is 2.55. The van der Waals surface area contributed by atoms with Gasteiger partial charge in [0.15, 0.2) is 6.10 Å². The molecule has 0 radical (unpaired) electrons. The molecule has 0 saturated heterocycles. The number of anilines is 1. The first-order valence-corrected chi connectivity index (χ1v) is 6.56. The lowest BCUT2D eigenvalue weighted by Crippen LogP contribution is -2.31. The van der Waals surface area contributed by atoms with Gasteiger partial charge in [0.05, 0.1) is 11.6 Å². The van der Waals surface area contributed by atoms with E-state index in [1.807, 2.05) is 6.07 Å². The van der Waals surface area contributed by atoms with Crippen molar-refractivity contribution in [1.82, 2.24) is 0 Å². The van der Waals surface area contributed by atoms with Crippen LogP contribution in [0.25, 0.3) is 0 Å². The Labute approximate surface area is 127 Å². The number of ether oxygens (including phenoxy) is 3. The van der Waals surface area contributed by atoms with Gasteiger partial charge in [-0.1, -0.05) is 6.07 Å². The van der Waals surface area contributed by atoms with E-state index >= 15 is 0 Å². The second kappa shape index (κ2) is 7.13. The molecule has 1 aliphatic rings. The van der Waals surface area contributed by atoms with Crippen LogP contribution >= 0.6 is 0 Å². The molecule has 7 heteroatoms. The van der Waals surface area contributed by atoms with E-state index in [2.05, 4.69) is 5.32 Å². The maximum Gasteiger partial charge on any atom is 0.377 e. The summed E-state index contributed by atoms with van der Waals surface area (Å²) in [4.78, 5) is 23.7. The molecule has 1 aromatic carbocycles. The lowest BCUT2D eigenvalue weighted by molar-refractivity contribution is -0.153. The van der Waals surface area contributed by atoms with Gasteiger partial charge in [0.1, 0.15) is 19.5 Å². The number of nitrogens with one attached hydrogen (secondary N) is 1. The number of carbonyl (C=O) groups is 2. The van der Waals surface area contributed by atoms with Crippen LogP contribution in [0.4, 0.5) is 5.69 Å². The molecular formula is C15H14N2O5. The van der Waals surface area contributed by atoms with Crippen LogP contribution in [-0.2, 0) is 23.8 Å². The Balaban J connectivity index is 1.93. The molecule has 0 saturated carbocycles. The first-order chi connectivity index (χ1) is 10.6. The number of benzene rings is 1. The maximum absolute atomic E-state index is 12.0. The summed E-state index contributed by atoms with van der Waals surface area (Å²) >= 11 is 0. The molecule has 1 unspecified atom stereocenters. The van der Waals surface area contributed by atoms with Gasteiger partial charge < -0.3 is 19.5 Å². The summed E-state index contributed by atoms with van der Waals surface area (Å²) < 4.78 is 15.0. The van der Waals surface area contributed by atoms with Crippen LogP contribution in [0.2, 0.25) is 0 Å². The Kier molecular flexibility index (Phi) is 4.98. The topological polar surface area (TPSA) is 97.7 Å². The molecule has 22 heavy (non-hydrogen) atoms. The smallest absolute Gasteiger partial charge is 0.377 e. The van der Waals surface area contributed by atoms with Crippen molar-refractivity contribution < 1.29 is 23.8 Å². The minimum atomic E-state index is -1.02. The molecule has 7 nitrogen and oxygen atoms in total. The van der Waals surface area contributed by atoms with Crippen LogP contribution in [-0.4, -0.2) is 31.2 Å². The highest BCUT2D eigenvalue weighted by Gasteiger charge is 2.23. The lowest BCUT2D eigenvalue weighted by atomic mass is 10.2. The predicted molar refractivity (Wildman–Crippen MR) is 75.3 cm³/mol. The largest absolute Gasteiger partial charge is 0.493 e. The third-order valence-corrected chi connectivity index (χ3v) is 2.76. The highest BCUT2D eigenvalue weighted by atomic mass is 16.6. The van der Waals surface area contributed by atoms with E-state index in [0.717, 1.165) is 6.26 Å². The molecule has 0 aliphatic carbocycles. The molecule has 1 amide bonds. The van der Waals surface area contributed by atoms with Gasteiger partial charge in [-0.2, -0.15) is 5.26 Å². The number of amides is 1. The third kappa shape index (κ3) is 3.99. The monoisotopic (exact) mass is 302 g/mol. The number of hydrogen-bond acceptors (Lipinski definition) is 6. The molecule has 0 spiro atoms. The molecular weight excluding hydrogens is 288 g/mol. The maximum atomic E-state index is 12.0. The highest BCUT2D eigenvalue weighted by molar-refractivity contribution is 5.96. The number of nitrogens with zero attached hydrogens (tertiary/aromatic N) is 1. The van der Waals surface area contributed by atoms with E-state index in [1.165, 1.54) is 13.0 Å². The van der Waals surface area contributed by atoms with Gasteiger partial charge in [0.25, 0.3) is 5.91 Å². The number of rotatable bonds is 4. The standard InChI is InChI=1S/C15H14N2O5/c1-10(22-15(19)13-9-20-5-6-21-13)14(18)17-12-4-2-3-11(7-12)8-16/h2-4,7,9-10H,5-6H2,1H3,(H,17,18). The molecule has 1 atom stereocenters. The van der Waals surface area contributed by atoms with Crippen molar-refractivity contribution in [3.63, 3.8) is 0 Å². The summed E-state index contributed by atoms with van der Waals surface area (Å²) in [5.74, 6) is -1.36. The van der Waals surface area contributed by atoms with E-state index < -0.39 is 18.0 Å². The number of hydrogen-bond donors (Lipinski definition) is 1. The zero-order valence-electron chi connectivity index (χ0n) is 11.9. The van der Waals surface area contributed by atoms with E-state index in [4.69, 9.17) is 19.5 Å². The fourth-order valence-corrected chi connectivity index (χ4v) is 1.66. The van der Waals surface area contributed by atoms with E-state index in [9.17, 15) is 9.59 Å². The summed E-state index contributed by atoms with van der Waals surface area (Å²) in [6, 6.07) is 8.38. The van der Waals surface area contributed by atoms with Crippen LogP contribution in [0.1, 0.15) is 12.5 Å². The van der Waals surface area contributed by atoms with Gasteiger partial charge in [-0.15, -0.1) is 0 Å². The van der Waals surface area contributed by atoms with Crippen LogP contribution in [0.15, 0.2) is 36.3 Å². The second-order valence-electron chi connectivity index (χ2n) is 4.43. The minimum Gasteiger partial charge on any atom is -0.493 e. The fourth-order valence-electron chi connectivity index (χ4n) is 1.66. The Morgan fingerprint density at radius 2 is 2.23 bits per heavy atom. The summed E-state index contributed by atoms with van der Waals surface area (Å²) in [5, 5.41) is 11.4. The first kappa shape index (κ1) is 15.4. The SMILES string of the molecule is CC(OC(=O)C1=COCCO1)C(=O)Nc1cccc(C#N)c1. The zero-order valence-corrected chi connectivity index (χ0v) is 11.9. The summed E-state index contributed by atoms with van der Waals surface area (Å²) in [6.07, 6.45) is 0.136. The Morgan fingerprint density at radius 3 is 2.91 bits per heavy atom. The van der Waals surface area contributed by atoms with Crippen LogP contribution in [0, 0.1) is 11.3 Å². The van der Waals surface area contributed by atoms with Crippen molar-refractivity contribution in [2.24, 2.45) is 0 Å². The fraction of sp³-hybridized carbons (Fsp3) is 0.267. The summed E-state index contributed by atoms with van der Waals surface area (Å²) in [5.41, 5.74) is 0.865. The van der Waals surface area contributed by atoms with Crippen molar-refractivity contribution >= 4 is 17.6 Å². The van der Waals surface area contributed by atoms with Gasteiger partial charge in [0.2, 0.25) is 5.76 Å². The van der Waals surface area contributed by atoms with Crippen molar-refractivity contribution in [2.45, 2.75) is 13.0 Å². The van der Waals surface area contributed by atoms with Gasteiger partial charge in [-0.25, -0.2) is 4.79 Å². The third-order valence-electron chi connectivity index (χ3n) is 2.76. The molecule has 0 aromatic heterocycles. The number of nitriles is 1. The van der Waals surface area contributed by atoms with Crippen LogP contribution < -0.4 is 5.32 Å². The van der Waals surface area contributed by atoms with Gasteiger partial charge >= 0.3 is 5.97 Å². The minimum absolute atomic E-state index is 0.0719. The molecule has 2 rings (SSSR count). The Bertz CT molecular complexity index is 648. The van der Waals surface area contributed by atoms with E-state index in [-0.39, 0.29) is 12.4 Å². The molecule has 0 bridgehead atoms. The molecule has 1 heterocycles. The lowest BCUT2D eigenvalue weighted by Gasteiger charge is -2.17. The normalized spacial score (nSPS) is 14.5. The summed E-state index contributed by atoms with van der Waals surface area (Å²) in [7, 11) is 0. The Hall–Kier alpha value is -3.01. The van der Waals surface area contributed by atoms with Crippen molar-refractivity contribution in [2.75, 3.05) is 18.5 Å². The van der Waals surface area contributed by atoms with Crippen LogP contribution in [0.5, 0.6) is 0 Å².